The summed E-state index contributed by atoms with van der Waals surface area (Å²) in [5, 5.41) is 23.7. The van der Waals surface area contributed by atoms with Gasteiger partial charge < -0.3 is 25.6 Å². The molecule has 4 N–H and O–H groups in total. The van der Waals surface area contributed by atoms with E-state index in [1.165, 1.54) is 0 Å². The number of likely N-dealkylation sites (tertiary alicyclic amines) is 1. The van der Waals surface area contributed by atoms with Crippen molar-refractivity contribution in [2.24, 2.45) is 29.6 Å². The number of nitrogens with one attached hydrogen (secondary N) is 4. The van der Waals surface area contributed by atoms with Gasteiger partial charge in [0.1, 0.15) is 5.50 Å². The predicted molar refractivity (Wildman–Crippen MR) is 143 cm³/mol. The Morgan fingerprint density at radius 1 is 1.05 bits per heavy atom. The monoisotopic (exact) mass is 532 g/mol. The van der Waals surface area contributed by atoms with Gasteiger partial charge in [-0.2, -0.15) is 5.26 Å². The van der Waals surface area contributed by atoms with Gasteiger partial charge >= 0.3 is 0 Å². The van der Waals surface area contributed by atoms with E-state index in [1.807, 2.05) is 4.90 Å². The second-order valence-corrected chi connectivity index (χ2v) is 13.4. The van der Waals surface area contributed by atoms with Crippen LogP contribution in [0.5, 0.6) is 0 Å². The van der Waals surface area contributed by atoms with Crippen LogP contribution in [-0.2, 0) is 14.3 Å². The fourth-order valence-corrected chi connectivity index (χ4v) is 8.93. The average Bonchev–Trinajstić information content (AvgIpc) is 3.46. The van der Waals surface area contributed by atoms with Gasteiger partial charge in [-0.15, -0.1) is 11.8 Å². The lowest BCUT2D eigenvalue weighted by Crippen LogP contribution is -2.55. The van der Waals surface area contributed by atoms with E-state index in [4.69, 9.17) is 4.74 Å². The van der Waals surface area contributed by atoms with Crippen molar-refractivity contribution in [1.82, 2.24) is 26.2 Å². The zero-order valence-corrected chi connectivity index (χ0v) is 23.3. The first kappa shape index (κ1) is 27.2. The van der Waals surface area contributed by atoms with Crippen molar-refractivity contribution in [2.75, 3.05) is 33.3 Å². The number of hydrogen-bond donors (Lipinski definition) is 4. The molecule has 0 aromatic heterocycles. The van der Waals surface area contributed by atoms with Gasteiger partial charge in [-0.25, -0.2) is 0 Å². The lowest BCUT2D eigenvalue weighted by molar-refractivity contribution is -0.136. The van der Waals surface area contributed by atoms with Gasteiger partial charge in [0.25, 0.3) is 0 Å². The summed E-state index contributed by atoms with van der Waals surface area (Å²) in [5.41, 5.74) is -0.130. The number of carbonyl (C=O) groups excluding carboxylic acids is 2. The van der Waals surface area contributed by atoms with Crippen LogP contribution < -0.4 is 21.3 Å². The number of methoxy groups -OCH3 is 1. The van der Waals surface area contributed by atoms with Crippen LogP contribution in [0.25, 0.3) is 0 Å². The molecule has 5 rings (SSSR count). The standard InChI is InChI=1S/C27H44N6O3S/c1-15-8-18(6-7-29-15)26(35)33-13-22-24(14-33)37-27(31-22)32-25(34)21-12-30-16(2)9-19(21)20-10-17(11-28)4-5-23(20)36-3/h15-24,27,29-31H,4-10,12-14H2,1-3H3,(H,32,34). The second kappa shape index (κ2) is 11.8. The van der Waals surface area contributed by atoms with Crippen molar-refractivity contribution in [2.45, 2.75) is 87.3 Å². The van der Waals surface area contributed by atoms with E-state index >= 15 is 0 Å². The molecule has 0 spiro atoms. The topological polar surface area (TPSA) is 119 Å². The summed E-state index contributed by atoms with van der Waals surface area (Å²) in [6.45, 7) is 7.38. The van der Waals surface area contributed by atoms with Crippen molar-refractivity contribution in [3.8, 4) is 6.07 Å². The molecule has 206 valence electrons. The van der Waals surface area contributed by atoms with Crippen LogP contribution in [0.3, 0.4) is 0 Å². The van der Waals surface area contributed by atoms with Crippen molar-refractivity contribution >= 4 is 23.6 Å². The molecule has 37 heavy (non-hydrogen) atoms. The average molecular weight is 533 g/mol. The maximum absolute atomic E-state index is 13.6. The molecule has 0 bridgehead atoms. The number of fused-ring (bicyclic) bond motifs is 1. The summed E-state index contributed by atoms with van der Waals surface area (Å²) in [5.74, 6) is 0.847. The van der Waals surface area contributed by atoms with Gasteiger partial charge in [-0.05, 0) is 70.8 Å². The zero-order valence-electron chi connectivity index (χ0n) is 22.4. The Balaban J connectivity index is 1.17. The van der Waals surface area contributed by atoms with E-state index in [9.17, 15) is 14.9 Å². The van der Waals surface area contributed by atoms with Crippen LogP contribution in [0.15, 0.2) is 0 Å². The predicted octanol–water partition coefficient (Wildman–Crippen LogP) is 1.26. The molecule has 0 radical (unpaired) electrons. The van der Waals surface area contributed by atoms with Crippen molar-refractivity contribution in [3.63, 3.8) is 0 Å². The number of amides is 2. The molecule has 4 heterocycles. The van der Waals surface area contributed by atoms with Gasteiger partial charge in [0.15, 0.2) is 0 Å². The summed E-state index contributed by atoms with van der Waals surface area (Å²) in [4.78, 5) is 28.8. The molecule has 2 amide bonds. The first-order valence-corrected chi connectivity index (χ1v) is 15.2. The molecule has 5 fully saturated rings. The van der Waals surface area contributed by atoms with Gasteiger partial charge in [-0.1, -0.05) is 0 Å². The smallest absolute Gasteiger partial charge is 0.226 e. The molecule has 11 unspecified atom stereocenters. The zero-order chi connectivity index (χ0) is 26.1. The molecule has 0 aromatic rings. The first-order valence-electron chi connectivity index (χ1n) is 14.3. The molecule has 11 atom stereocenters. The highest BCUT2D eigenvalue weighted by Gasteiger charge is 2.47. The Bertz CT molecular complexity index is 871. The molecule has 1 saturated carbocycles. The minimum absolute atomic E-state index is 0.0514. The number of carbonyl (C=O) groups is 2. The van der Waals surface area contributed by atoms with Gasteiger partial charge in [0, 0.05) is 62.0 Å². The third-order valence-corrected chi connectivity index (χ3v) is 10.9. The highest BCUT2D eigenvalue weighted by molar-refractivity contribution is 8.00. The molecular formula is C27H44N6O3S. The third-order valence-electron chi connectivity index (χ3n) is 9.54. The van der Waals surface area contributed by atoms with E-state index < -0.39 is 0 Å². The molecule has 9 nitrogen and oxygen atoms in total. The first-order chi connectivity index (χ1) is 17.9. The molecule has 10 heteroatoms. The van der Waals surface area contributed by atoms with E-state index in [0.29, 0.717) is 29.8 Å². The summed E-state index contributed by atoms with van der Waals surface area (Å²) >= 11 is 1.75. The number of thioether (sulfide) groups is 1. The third kappa shape index (κ3) is 5.96. The number of piperidine rings is 2. The number of ether oxygens (including phenoxy) is 1. The highest BCUT2D eigenvalue weighted by atomic mass is 32.2. The van der Waals surface area contributed by atoms with Crippen LogP contribution in [0.2, 0.25) is 0 Å². The Hall–Kier alpha value is -1.38. The molecule has 1 aliphatic carbocycles. The summed E-state index contributed by atoms with van der Waals surface area (Å²) in [6, 6.07) is 3.43. The molecular weight excluding hydrogens is 488 g/mol. The molecule has 0 aromatic carbocycles. The quantitative estimate of drug-likeness (QED) is 0.418. The minimum Gasteiger partial charge on any atom is -0.381 e. The largest absolute Gasteiger partial charge is 0.381 e. The Morgan fingerprint density at radius 2 is 1.86 bits per heavy atom. The Kier molecular flexibility index (Phi) is 8.66. The fraction of sp³-hybridized carbons (Fsp3) is 0.889. The van der Waals surface area contributed by atoms with Gasteiger partial charge in [0.2, 0.25) is 11.8 Å². The number of hydrogen-bond acceptors (Lipinski definition) is 8. The van der Waals surface area contributed by atoms with Crippen LogP contribution in [0, 0.1) is 40.9 Å². The van der Waals surface area contributed by atoms with Crippen molar-refractivity contribution in [1.29, 1.82) is 5.26 Å². The van der Waals surface area contributed by atoms with E-state index in [1.54, 1.807) is 18.9 Å². The number of rotatable bonds is 5. The van der Waals surface area contributed by atoms with Crippen molar-refractivity contribution < 1.29 is 14.3 Å². The highest BCUT2D eigenvalue weighted by Crippen LogP contribution is 2.42. The van der Waals surface area contributed by atoms with Gasteiger partial charge in [0.05, 0.1) is 18.1 Å². The SMILES string of the molecule is COC1CCC(C#N)CC1C1CC(C)NCC1C(=O)NC1NC2CN(C(=O)C3CCNC(C)C3)CC2S1. The Labute approximate surface area is 225 Å². The Morgan fingerprint density at radius 3 is 2.59 bits per heavy atom. The lowest BCUT2D eigenvalue weighted by Gasteiger charge is -2.44. The fourth-order valence-electron chi connectivity index (χ4n) is 7.52. The number of nitriles is 1. The van der Waals surface area contributed by atoms with Crippen LogP contribution in [0.1, 0.15) is 52.4 Å². The summed E-state index contributed by atoms with van der Waals surface area (Å²) in [6.07, 6.45) is 5.45. The molecule has 4 saturated heterocycles. The van der Waals surface area contributed by atoms with Crippen LogP contribution in [-0.4, -0.2) is 85.0 Å². The minimum atomic E-state index is -0.140. The maximum Gasteiger partial charge on any atom is 0.226 e. The summed E-state index contributed by atoms with van der Waals surface area (Å²) < 4.78 is 5.86. The summed E-state index contributed by atoms with van der Waals surface area (Å²) in [7, 11) is 1.77. The van der Waals surface area contributed by atoms with Gasteiger partial charge in [-0.3, -0.25) is 14.9 Å². The van der Waals surface area contributed by atoms with E-state index in [0.717, 1.165) is 58.2 Å². The molecule has 5 aliphatic rings. The maximum atomic E-state index is 13.6. The second-order valence-electron chi connectivity index (χ2n) is 12.0. The van der Waals surface area contributed by atoms with E-state index in [2.05, 4.69) is 41.2 Å². The number of nitrogens with zero attached hydrogens (tertiary/aromatic N) is 2. The normalized spacial score (nSPS) is 44.2. The van der Waals surface area contributed by atoms with Crippen molar-refractivity contribution in [3.05, 3.63) is 0 Å². The van der Waals surface area contributed by atoms with E-state index in [-0.39, 0.29) is 53.1 Å². The van der Waals surface area contributed by atoms with Crippen LogP contribution in [0.4, 0.5) is 0 Å². The lowest BCUT2D eigenvalue weighted by atomic mass is 9.66. The molecule has 4 aliphatic heterocycles. The van der Waals surface area contributed by atoms with Crippen LogP contribution >= 0.6 is 11.8 Å².